The van der Waals surface area contributed by atoms with Crippen molar-refractivity contribution >= 4 is 50.7 Å². The van der Waals surface area contributed by atoms with Crippen LogP contribution < -0.4 is 19.1 Å². The van der Waals surface area contributed by atoms with Crippen molar-refractivity contribution in [3.8, 4) is 11.5 Å². The molecule has 0 saturated carbocycles. The van der Waals surface area contributed by atoms with E-state index in [9.17, 15) is 18.0 Å². The fraction of sp³-hybridized carbons (Fsp3) is 0.355. The van der Waals surface area contributed by atoms with Crippen molar-refractivity contribution in [2.75, 3.05) is 24.1 Å². The molecule has 0 aliphatic carbocycles. The Morgan fingerprint density at radius 3 is 2.26 bits per heavy atom. The summed E-state index contributed by atoms with van der Waals surface area (Å²) in [5, 5.41) is 3.61. The molecule has 2 atom stereocenters. The molecule has 0 fully saturated rings. The van der Waals surface area contributed by atoms with Crippen LogP contribution in [0.2, 0.25) is 10.0 Å². The van der Waals surface area contributed by atoms with Crippen molar-refractivity contribution in [1.29, 1.82) is 0 Å². The van der Waals surface area contributed by atoms with Gasteiger partial charge in [0.1, 0.15) is 25.8 Å². The average molecular weight is 649 g/mol. The summed E-state index contributed by atoms with van der Waals surface area (Å²) in [6.07, 6.45) is 1.00. The monoisotopic (exact) mass is 647 g/mol. The summed E-state index contributed by atoms with van der Waals surface area (Å²) in [5.41, 5.74) is 0.849. The molecular weight excluding hydrogens is 613 g/mol. The first kappa shape index (κ1) is 32.4. The zero-order chi connectivity index (χ0) is 31.1. The molecule has 1 aliphatic heterocycles. The van der Waals surface area contributed by atoms with Crippen LogP contribution in [0.1, 0.15) is 39.2 Å². The van der Waals surface area contributed by atoms with Crippen LogP contribution in [0.5, 0.6) is 11.5 Å². The molecule has 9 nitrogen and oxygen atoms in total. The third kappa shape index (κ3) is 7.74. The van der Waals surface area contributed by atoms with Crippen molar-refractivity contribution in [2.24, 2.45) is 0 Å². The second-order valence-corrected chi connectivity index (χ2v) is 12.8. The Bertz CT molecular complexity index is 1550. The molecule has 1 aliphatic rings. The summed E-state index contributed by atoms with van der Waals surface area (Å²) in [6.45, 7) is 5.73. The van der Waals surface area contributed by atoms with Gasteiger partial charge in [0, 0.05) is 18.7 Å². The summed E-state index contributed by atoms with van der Waals surface area (Å²) in [4.78, 5) is 29.1. The van der Waals surface area contributed by atoms with Gasteiger partial charge in [0.15, 0.2) is 11.5 Å². The largest absolute Gasteiger partial charge is 0.486 e. The van der Waals surface area contributed by atoms with E-state index < -0.39 is 28.5 Å². The number of carbonyl (C=O) groups excluding carboxylic acids is 2. The number of hydrogen-bond donors (Lipinski definition) is 1. The molecular formula is C31H35Cl2N3O6S. The third-order valence-corrected chi connectivity index (χ3v) is 9.67. The minimum Gasteiger partial charge on any atom is -0.486 e. The van der Waals surface area contributed by atoms with Crippen LogP contribution in [0.25, 0.3) is 0 Å². The molecule has 0 bridgehead atoms. The number of ether oxygens (including phenoxy) is 2. The molecule has 0 aromatic heterocycles. The highest BCUT2D eigenvalue weighted by atomic mass is 35.5. The lowest BCUT2D eigenvalue weighted by atomic mass is 10.1. The number of hydrogen-bond acceptors (Lipinski definition) is 6. The van der Waals surface area contributed by atoms with Crippen LogP contribution >= 0.6 is 23.2 Å². The summed E-state index contributed by atoms with van der Waals surface area (Å²) in [6, 6.07) is 16.5. The summed E-state index contributed by atoms with van der Waals surface area (Å²) >= 11 is 12.4. The van der Waals surface area contributed by atoms with E-state index in [1.165, 1.54) is 17.0 Å². The van der Waals surface area contributed by atoms with Crippen LogP contribution in [0, 0.1) is 0 Å². The number of fused-ring (bicyclic) bond motifs is 1. The van der Waals surface area contributed by atoms with Gasteiger partial charge in [0.25, 0.3) is 10.0 Å². The van der Waals surface area contributed by atoms with E-state index in [0.29, 0.717) is 53.2 Å². The highest BCUT2D eigenvalue weighted by molar-refractivity contribution is 7.92. The van der Waals surface area contributed by atoms with Gasteiger partial charge in [-0.3, -0.25) is 13.9 Å². The minimum absolute atomic E-state index is 0.00250. The topological polar surface area (TPSA) is 105 Å². The minimum atomic E-state index is -4.22. The quantitative estimate of drug-likeness (QED) is 0.271. The maximum atomic E-state index is 14.2. The maximum Gasteiger partial charge on any atom is 0.264 e. The number of halogens is 2. The van der Waals surface area contributed by atoms with Crippen molar-refractivity contribution in [3.63, 3.8) is 0 Å². The number of anilines is 1. The molecule has 1 N–H and O–H groups in total. The number of sulfonamides is 1. The van der Waals surface area contributed by atoms with Gasteiger partial charge in [-0.05, 0) is 61.7 Å². The van der Waals surface area contributed by atoms with Gasteiger partial charge in [0.05, 0.1) is 20.6 Å². The Balaban J connectivity index is 1.76. The average Bonchev–Trinajstić information content (AvgIpc) is 3.01. The molecule has 3 aromatic carbocycles. The van der Waals surface area contributed by atoms with Crippen LogP contribution in [0.3, 0.4) is 0 Å². The van der Waals surface area contributed by atoms with E-state index in [0.717, 1.165) is 4.31 Å². The molecule has 1 heterocycles. The second-order valence-electron chi connectivity index (χ2n) is 10.2. The first-order chi connectivity index (χ1) is 20.5. The van der Waals surface area contributed by atoms with Gasteiger partial charge in [0.2, 0.25) is 11.8 Å². The smallest absolute Gasteiger partial charge is 0.264 e. The highest BCUT2D eigenvalue weighted by Crippen LogP contribution is 2.36. The summed E-state index contributed by atoms with van der Waals surface area (Å²) < 4.78 is 40.4. The Labute approximate surface area is 262 Å². The molecule has 0 saturated heterocycles. The predicted octanol–water partition coefficient (Wildman–Crippen LogP) is 5.68. The fourth-order valence-corrected chi connectivity index (χ4v) is 6.38. The normalized spacial score (nSPS) is 14.0. The Hall–Kier alpha value is -3.47. The van der Waals surface area contributed by atoms with Gasteiger partial charge in [-0.2, -0.15) is 0 Å². The van der Waals surface area contributed by atoms with E-state index >= 15 is 0 Å². The Morgan fingerprint density at radius 2 is 1.60 bits per heavy atom. The number of amides is 2. The predicted molar refractivity (Wildman–Crippen MR) is 167 cm³/mol. The number of nitrogens with zero attached hydrogens (tertiary/aromatic N) is 2. The van der Waals surface area contributed by atoms with Crippen LogP contribution in [-0.4, -0.2) is 57.0 Å². The molecule has 4 rings (SSSR count). The first-order valence-electron chi connectivity index (χ1n) is 14.1. The van der Waals surface area contributed by atoms with Gasteiger partial charge >= 0.3 is 0 Å². The fourth-order valence-electron chi connectivity index (χ4n) is 4.63. The zero-order valence-electron chi connectivity index (χ0n) is 24.3. The molecule has 3 aromatic rings. The first-order valence-corrected chi connectivity index (χ1v) is 16.3. The lowest BCUT2D eigenvalue weighted by molar-refractivity contribution is -0.140. The molecule has 2 amide bonds. The molecule has 0 spiro atoms. The van der Waals surface area contributed by atoms with Crippen LogP contribution in [0.15, 0.2) is 71.6 Å². The van der Waals surface area contributed by atoms with Crippen molar-refractivity contribution in [2.45, 2.75) is 57.1 Å². The molecule has 230 valence electrons. The van der Waals surface area contributed by atoms with Gasteiger partial charge in [-0.15, -0.1) is 0 Å². The highest BCUT2D eigenvalue weighted by Gasteiger charge is 2.34. The third-order valence-electron chi connectivity index (χ3n) is 7.15. The van der Waals surface area contributed by atoms with Crippen molar-refractivity contribution in [1.82, 2.24) is 10.2 Å². The van der Waals surface area contributed by atoms with Crippen molar-refractivity contribution < 1.29 is 27.5 Å². The number of benzene rings is 3. The molecule has 0 radical (unpaired) electrons. The van der Waals surface area contributed by atoms with Gasteiger partial charge in [-0.25, -0.2) is 8.42 Å². The Morgan fingerprint density at radius 1 is 0.907 bits per heavy atom. The lowest BCUT2D eigenvalue weighted by Crippen LogP contribution is -2.53. The van der Waals surface area contributed by atoms with Crippen molar-refractivity contribution in [3.05, 3.63) is 82.3 Å². The molecule has 43 heavy (non-hydrogen) atoms. The molecule has 12 heteroatoms. The standard InChI is InChI=1S/C31H35Cl2N3O6S/c1-4-21(3)34-31(38)27(5-2)35(19-22-11-13-25(32)26(33)17-22)30(37)20-36(43(39,40)24-9-7-6-8-10-24)23-12-14-28-29(18-23)42-16-15-41-28/h6-14,17-18,21,27H,4-5,15-16,19-20H2,1-3H3,(H,34,38). The van der Waals surface area contributed by atoms with Crippen LogP contribution in [0.4, 0.5) is 5.69 Å². The van der Waals surface area contributed by atoms with Gasteiger partial charge in [-0.1, -0.05) is 61.3 Å². The summed E-state index contributed by atoms with van der Waals surface area (Å²) in [5.74, 6) is -0.0578. The number of rotatable bonds is 12. The lowest BCUT2D eigenvalue weighted by Gasteiger charge is -2.34. The van der Waals surface area contributed by atoms with Crippen LogP contribution in [-0.2, 0) is 26.2 Å². The number of nitrogens with one attached hydrogen (secondary N) is 1. The second kappa shape index (κ2) is 14.3. The van der Waals surface area contributed by atoms with E-state index in [1.807, 2.05) is 13.8 Å². The SMILES string of the molecule is CCC(C)NC(=O)C(CC)N(Cc1ccc(Cl)c(Cl)c1)C(=O)CN(c1ccc2c(c1)OCCO2)S(=O)(=O)c1ccccc1. The van der Waals surface area contributed by atoms with E-state index in [1.54, 1.807) is 61.5 Å². The Kier molecular flexibility index (Phi) is 10.8. The van der Waals surface area contributed by atoms with Gasteiger partial charge < -0.3 is 19.7 Å². The van der Waals surface area contributed by atoms with E-state index in [4.69, 9.17) is 32.7 Å². The molecule has 2 unspecified atom stereocenters. The maximum absolute atomic E-state index is 14.2. The zero-order valence-corrected chi connectivity index (χ0v) is 26.6. The summed E-state index contributed by atoms with van der Waals surface area (Å²) in [7, 11) is -4.22. The van der Waals surface area contributed by atoms with E-state index in [2.05, 4.69) is 5.32 Å². The number of carbonyl (C=O) groups is 2. The van der Waals surface area contributed by atoms with E-state index in [-0.39, 0.29) is 29.1 Å².